The highest BCUT2D eigenvalue weighted by Crippen LogP contribution is 2.25. The molecule has 0 amide bonds. The topological polar surface area (TPSA) is 72.6 Å². The summed E-state index contributed by atoms with van der Waals surface area (Å²) in [6.07, 6.45) is -0.606. The van der Waals surface area contributed by atoms with Crippen molar-refractivity contribution >= 4 is 28.3 Å². The van der Waals surface area contributed by atoms with Crippen LogP contribution in [0.4, 0.5) is 5.69 Å². The Hall–Kier alpha value is -0.890. The second-order valence-corrected chi connectivity index (χ2v) is 3.72. The lowest BCUT2D eigenvalue weighted by atomic mass is 10.3. The van der Waals surface area contributed by atoms with Crippen LogP contribution in [0.25, 0.3) is 0 Å². The van der Waals surface area contributed by atoms with Gasteiger partial charge in [-0.2, -0.15) is 0 Å². The summed E-state index contributed by atoms with van der Waals surface area (Å²) in [6, 6.07) is 6.10. The van der Waals surface area contributed by atoms with Crippen LogP contribution in [0.5, 0.6) is 5.75 Å². The Morgan fingerprint density at radius 2 is 2.20 bits per heavy atom. The molecule has 0 saturated carbocycles. The average molecular weight is 323 g/mol. The number of alkyl halides is 1. The maximum Gasteiger partial charge on any atom is 0.310 e. The Kier molecular flexibility index (Phi) is 4.76. The quantitative estimate of drug-likeness (QED) is 0.388. The maximum absolute atomic E-state index is 10.6. The summed E-state index contributed by atoms with van der Waals surface area (Å²) < 4.78 is 5.68. The summed E-state index contributed by atoms with van der Waals surface area (Å²) >= 11 is 2.01. The van der Waals surface area contributed by atoms with Crippen molar-refractivity contribution in [2.45, 2.75) is 6.10 Å². The predicted octanol–water partition coefficient (Wildman–Crippen LogP) is 1.77. The summed E-state index contributed by atoms with van der Waals surface area (Å²) in [6.45, 7) is 0.0633. The smallest absolute Gasteiger partial charge is 0.310 e. The van der Waals surface area contributed by atoms with E-state index in [1.807, 2.05) is 22.6 Å². The van der Waals surface area contributed by atoms with E-state index in [0.717, 1.165) is 0 Å². The van der Waals surface area contributed by atoms with Gasteiger partial charge in [0.15, 0.2) is 5.75 Å². The predicted molar refractivity (Wildman–Crippen MR) is 63.5 cm³/mol. The van der Waals surface area contributed by atoms with Crippen molar-refractivity contribution in [2.75, 3.05) is 11.0 Å². The van der Waals surface area contributed by atoms with Gasteiger partial charge in [0.25, 0.3) is 0 Å². The van der Waals surface area contributed by atoms with Gasteiger partial charge in [-0.25, -0.2) is 0 Å². The molecule has 0 aromatic heterocycles. The van der Waals surface area contributed by atoms with Crippen molar-refractivity contribution in [2.24, 2.45) is 0 Å². The fourth-order valence-electron chi connectivity index (χ4n) is 0.961. The van der Waals surface area contributed by atoms with Gasteiger partial charge in [-0.15, -0.1) is 0 Å². The molecule has 5 nitrogen and oxygen atoms in total. The van der Waals surface area contributed by atoms with Gasteiger partial charge in [0.05, 0.1) is 11.0 Å². The highest BCUT2D eigenvalue weighted by Gasteiger charge is 2.14. The molecule has 0 heterocycles. The minimum Gasteiger partial charge on any atom is -0.484 e. The number of benzene rings is 1. The number of nitro groups is 1. The van der Waals surface area contributed by atoms with Crippen LogP contribution in [0.1, 0.15) is 0 Å². The molecular formula is C9H10INO4. The van der Waals surface area contributed by atoms with E-state index in [0.29, 0.717) is 4.43 Å². The van der Waals surface area contributed by atoms with Gasteiger partial charge in [-0.05, 0) is 6.07 Å². The monoisotopic (exact) mass is 323 g/mol. The van der Waals surface area contributed by atoms with E-state index in [4.69, 9.17) is 4.74 Å². The van der Waals surface area contributed by atoms with Crippen LogP contribution < -0.4 is 4.74 Å². The first-order valence-corrected chi connectivity index (χ1v) is 5.78. The lowest BCUT2D eigenvalue weighted by Crippen LogP contribution is -2.18. The van der Waals surface area contributed by atoms with Crippen LogP contribution in [-0.2, 0) is 0 Å². The number of hydrogen-bond donors (Lipinski definition) is 1. The van der Waals surface area contributed by atoms with Gasteiger partial charge in [0.2, 0.25) is 0 Å². The Labute approximate surface area is 100 Å². The van der Waals surface area contributed by atoms with E-state index in [1.165, 1.54) is 12.1 Å². The molecule has 15 heavy (non-hydrogen) atoms. The Morgan fingerprint density at radius 1 is 1.53 bits per heavy atom. The van der Waals surface area contributed by atoms with Crippen molar-refractivity contribution < 1.29 is 14.8 Å². The molecule has 0 aliphatic carbocycles. The van der Waals surface area contributed by atoms with E-state index < -0.39 is 11.0 Å². The molecule has 0 radical (unpaired) electrons. The standard InChI is InChI=1S/C9H10INO4/c10-5-7(12)6-15-9-4-2-1-3-8(9)11(13)14/h1-4,7,12H,5-6H2. The first kappa shape index (κ1) is 12.2. The van der Waals surface area contributed by atoms with Gasteiger partial charge in [-0.3, -0.25) is 10.1 Å². The Bertz CT molecular complexity index is 345. The molecule has 0 saturated heterocycles. The van der Waals surface area contributed by atoms with Crippen molar-refractivity contribution in [3.63, 3.8) is 0 Å². The average Bonchev–Trinajstić information content (AvgIpc) is 2.26. The largest absolute Gasteiger partial charge is 0.484 e. The Morgan fingerprint density at radius 3 is 2.80 bits per heavy atom. The van der Waals surface area contributed by atoms with Crippen molar-refractivity contribution in [3.8, 4) is 5.75 Å². The zero-order valence-electron chi connectivity index (χ0n) is 7.80. The van der Waals surface area contributed by atoms with Crippen LogP contribution in [-0.4, -0.2) is 27.2 Å². The number of hydrogen-bond acceptors (Lipinski definition) is 4. The maximum atomic E-state index is 10.6. The number of para-hydroxylation sites is 2. The molecule has 1 rings (SSSR count). The molecule has 1 aromatic carbocycles. The summed E-state index contributed by atoms with van der Waals surface area (Å²) in [5.41, 5.74) is -0.0850. The first-order valence-electron chi connectivity index (χ1n) is 4.25. The molecule has 1 unspecified atom stereocenters. The molecule has 0 fully saturated rings. The van der Waals surface area contributed by atoms with Crippen LogP contribution in [0.2, 0.25) is 0 Å². The number of ether oxygens (including phenoxy) is 1. The third kappa shape index (κ3) is 3.63. The summed E-state index contributed by atoms with van der Waals surface area (Å²) in [7, 11) is 0. The van der Waals surface area contributed by atoms with E-state index in [1.54, 1.807) is 12.1 Å². The molecule has 0 aliphatic heterocycles. The number of nitrogens with zero attached hydrogens (tertiary/aromatic N) is 1. The Balaban J connectivity index is 2.72. The van der Waals surface area contributed by atoms with E-state index in [2.05, 4.69) is 0 Å². The van der Waals surface area contributed by atoms with Crippen molar-refractivity contribution in [1.29, 1.82) is 0 Å². The van der Waals surface area contributed by atoms with E-state index >= 15 is 0 Å². The zero-order valence-corrected chi connectivity index (χ0v) is 9.96. The molecule has 1 atom stereocenters. The van der Waals surface area contributed by atoms with E-state index in [-0.39, 0.29) is 18.0 Å². The lowest BCUT2D eigenvalue weighted by molar-refractivity contribution is -0.385. The molecule has 0 spiro atoms. The summed E-state index contributed by atoms with van der Waals surface area (Å²) in [5.74, 6) is 0.186. The van der Waals surface area contributed by atoms with Crippen molar-refractivity contribution in [3.05, 3.63) is 34.4 Å². The van der Waals surface area contributed by atoms with Gasteiger partial charge in [-0.1, -0.05) is 34.7 Å². The molecular weight excluding hydrogens is 313 g/mol. The fourth-order valence-corrected chi connectivity index (χ4v) is 1.21. The molecule has 6 heteroatoms. The molecule has 1 aromatic rings. The molecule has 82 valence electrons. The first-order chi connectivity index (χ1) is 7.15. The second kappa shape index (κ2) is 5.86. The number of aliphatic hydroxyl groups excluding tert-OH is 1. The minimum atomic E-state index is -0.606. The number of nitro benzene ring substituents is 1. The SMILES string of the molecule is O=[N+]([O-])c1ccccc1OCC(O)CI. The van der Waals surface area contributed by atoms with Gasteiger partial charge in [0.1, 0.15) is 6.61 Å². The minimum absolute atomic E-state index is 0.0633. The highest BCUT2D eigenvalue weighted by atomic mass is 127. The zero-order chi connectivity index (χ0) is 11.3. The summed E-state index contributed by atoms with van der Waals surface area (Å²) in [5, 5.41) is 19.8. The third-order valence-electron chi connectivity index (χ3n) is 1.67. The third-order valence-corrected chi connectivity index (χ3v) is 2.69. The number of halogens is 1. The van der Waals surface area contributed by atoms with Crippen LogP contribution in [0.15, 0.2) is 24.3 Å². The molecule has 0 bridgehead atoms. The molecule has 0 aliphatic rings. The number of aliphatic hydroxyl groups is 1. The van der Waals surface area contributed by atoms with Crippen LogP contribution >= 0.6 is 22.6 Å². The summed E-state index contributed by atoms with van der Waals surface area (Å²) in [4.78, 5) is 10.1. The van der Waals surface area contributed by atoms with Crippen molar-refractivity contribution in [1.82, 2.24) is 0 Å². The van der Waals surface area contributed by atoms with Gasteiger partial charge < -0.3 is 9.84 Å². The normalized spacial score (nSPS) is 12.1. The van der Waals surface area contributed by atoms with E-state index in [9.17, 15) is 15.2 Å². The lowest BCUT2D eigenvalue weighted by Gasteiger charge is -2.09. The molecule has 1 N–H and O–H groups in total. The van der Waals surface area contributed by atoms with Gasteiger partial charge >= 0.3 is 5.69 Å². The van der Waals surface area contributed by atoms with Gasteiger partial charge in [0, 0.05) is 10.5 Å². The van der Waals surface area contributed by atoms with Crippen LogP contribution in [0, 0.1) is 10.1 Å². The second-order valence-electron chi connectivity index (χ2n) is 2.84. The number of rotatable bonds is 5. The highest BCUT2D eigenvalue weighted by molar-refractivity contribution is 14.1. The fraction of sp³-hybridized carbons (Fsp3) is 0.333. The van der Waals surface area contributed by atoms with Crippen LogP contribution in [0.3, 0.4) is 0 Å².